The van der Waals surface area contributed by atoms with Crippen molar-refractivity contribution in [3.63, 3.8) is 0 Å². The minimum Gasteiger partial charge on any atom is -0.0654 e. The molecule has 0 heterocycles. The summed E-state index contributed by atoms with van der Waals surface area (Å²) in [5.41, 5.74) is 0.591. The van der Waals surface area contributed by atoms with Crippen molar-refractivity contribution in [2.24, 2.45) is 5.41 Å². The van der Waals surface area contributed by atoms with Crippen LogP contribution in [0, 0.1) is 5.41 Å². The second kappa shape index (κ2) is 13.0. The van der Waals surface area contributed by atoms with E-state index < -0.39 is 0 Å². The molecule has 0 bridgehead atoms. The molecule has 0 amide bonds. The Kier molecular flexibility index (Phi) is 13.0. The van der Waals surface area contributed by atoms with E-state index in [1.54, 1.807) is 0 Å². The monoisotopic (exact) mass is 268 g/mol. The van der Waals surface area contributed by atoms with Crippen molar-refractivity contribution in [1.29, 1.82) is 0 Å². The molecule has 0 atom stereocenters. The topological polar surface area (TPSA) is 0 Å². The second-order valence-corrected chi connectivity index (χ2v) is 7.20. The molecule has 0 aromatic heterocycles. The van der Waals surface area contributed by atoms with Crippen LogP contribution in [0.2, 0.25) is 0 Å². The summed E-state index contributed by atoms with van der Waals surface area (Å²) in [6, 6.07) is 0. The van der Waals surface area contributed by atoms with E-state index >= 15 is 0 Å². The van der Waals surface area contributed by atoms with E-state index in [1.165, 1.54) is 89.9 Å². The summed E-state index contributed by atoms with van der Waals surface area (Å²) in [6.07, 6.45) is 20.2. The highest BCUT2D eigenvalue weighted by atomic mass is 14.2. The molecule has 0 saturated heterocycles. The molecule has 0 aliphatic rings. The van der Waals surface area contributed by atoms with Crippen molar-refractivity contribution in [2.45, 2.75) is 118 Å². The van der Waals surface area contributed by atoms with E-state index in [2.05, 4.69) is 27.7 Å². The lowest BCUT2D eigenvalue weighted by molar-refractivity contribution is 0.291. The van der Waals surface area contributed by atoms with Gasteiger partial charge in [-0.15, -0.1) is 0 Å². The Morgan fingerprint density at radius 3 is 1.32 bits per heavy atom. The summed E-state index contributed by atoms with van der Waals surface area (Å²) in [5.74, 6) is 0. The van der Waals surface area contributed by atoms with Gasteiger partial charge in [0.25, 0.3) is 0 Å². The van der Waals surface area contributed by atoms with Gasteiger partial charge >= 0.3 is 0 Å². The van der Waals surface area contributed by atoms with E-state index in [1.807, 2.05) is 0 Å². The van der Waals surface area contributed by atoms with Crippen LogP contribution >= 0.6 is 0 Å². The second-order valence-electron chi connectivity index (χ2n) is 7.20. The van der Waals surface area contributed by atoms with Crippen LogP contribution in [0.15, 0.2) is 0 Å². The van der Waals surface area contributed by atoms with Crippen LogP contribution in [-0.2, 0) is 0 Å². The molecule has 0 aromatic carbocycles. The van der Waals surface area contributed by atoms with Crippen molar-refractivity contribution in [3.05, 3.63) is 0 Å². The van der Waals surface area contributed by atoms with Gasteiger partial charge in [-0.25, -0.2) is 0 Å². The van der Waals surface area contributed by atoms with Gasteiger partial charge < -0.3 is 0 Å². The van der Waals surface area contributed by atoms with Crippen molar-refractivity contribution in [3.8, 4) is 0 Å². The summed E-state index contributed by atoms with van der Waals surface area (Å²) < 4.78 is 0. The summed E-state index contributed by atoms with van der Waals surface area (Å²) in [7, 11) is 0. The number of rotatable bonds is 14. The van der Waals surface area contributed by atoms with Gasteiger partial charge in [0, 0.05) is 0 Å². The summed E-state index contributed by atoms with van der Waals surface area (Å²) in [4.78, 5) is 0. The van der Waals surface area contributed by atoms with Gasteiger partial charge in [0.05, 0.1) is 0 Å². The standard InChI is InChI=1S/C19H40/c1-5-7-8-9-10-11-12-13-14-15-16-18-19(3,4)17-6-2/h5-18H2,1-4H3. The lowest BCUT2D eigenvalue weighted by Gasteiger charge is -2.23. The molecule has 0 nitrogen and oxygen atoms in total. The molecular formula is C19H40. The smallest absolute Gasteiger partial charge is 0.0354 e. The van der Waals surface area contributed by atoms with E-state index in [-0.39, 0.29) is 0 Å². The van der Waals surface area contributed by atoms with Crippen molar-refractivity contribution < 1.29 is 0 Å². The molecule has 0 radical (unpaired) electrons. The zero-order valence-electron chi connectivity index (χ0n) is 14.4. The van der Waals surface area contributed by atoms with Gasteiger partial charge in [-0.05, 0) is 18.3 Å². The number of hydrogen-bond donors (Lipinski definition) is 0. The molecule has 116 valence electrons. The lowest BCUT2D eigenvalue weighted by Crippen LogP contribution is -2.10. The van der Waals surface area contributed by atoms with Gasteiger partial charge in [-0.2, -0.15) is 0 Å². The Labute approximate surface area is 123 Å². The van der Waals surface area contributed by atoms with Gasteiger partial charge in [0.15, 0.2) is 0 Å². The van der Waals surface area contributed by atoms with Crippen LogP contribution < -0.4 is 0 Å². The molecular weight excluding hydrogens is 228 g/mol. The molecule has 0 fully saturated rings. The minimum atomic E-state index is 0.591. The van der Waals surface area contributed by atoms with Gasteiger partial charge in [0.1, 0.15) is 0 Å². The molecule has 0 spiro atoms. The summed E-state index contributed by atoms with van der Waals surface area (Å²) in [5, 5.41) is 0. The summed E-state index contributed by atoms with van der Waals surface area (Å²) in [6.45, 7) is 9.48. The van der Waals surface area contributed by atoms with E-state index in [0.717, 1.165) is 0 Å². The first-order valence-corrected chi connectivity index (χ1v) is 9.12. The molecule has 0 aromatic rings. The van der Waals surface area contributed by atoms with Crippen LogP contribution in [0.5, 0.6) is 0 Å². The third kappa shape index (κ3) is 14.2. The zero-order valence-corrected chi connectivity index (χ0v) is 14.4. The van der Waals surface area contributed by atoms with Crippen LogP contribution in [0.1, 0.15) is 118 Å². The predicted octanol–water partition coefficient (Wildman–Crippen LogP) is 7.51. The average Bonchev–Trinajstić information content (AvgIpc) is 2.36. The fourth-order valence-corrected chi connectivity index (χ4v) is 3.07. The molecule has 0 saturated carbocycles. The highest BCUT2D eigenvalue weighted by Crippen LogP contribution is 2.29. The van der Waals surface area contributed by atoms with Crippen LogP contribution in [0.3, 0.4) is 0 Å². The molecule has 0 heteroatoms. The first-order valence-electron chi connectivity index (χ1n) is 9.12. The van der Waals surface area contributed by atoms with Crippen molar-refractivity contribution >= 4 is 0 Å². The normalized spacial score (nSPS) is 12.0. The Morgan fingerprint density at radius 1 is 0.474 bits per heavy atom. The van der Waals surface area contributed by atoms with Crippen molar-refractivity contribution in [2.75, 3.05) is 0 Å². The van der Waals surface area contributed by atoms with Crippen LogP contribution in [-0.4, -0.2) is 0 Å². The fraction of sp³-hybridized carbons (Fsp3) is 1.00. The Bertz CT molecular complexity index is 169. The average molecular weight is 269 g/mol. The first kappa shape index (κ1) is 19.0. The Morgan fingerprint density at radius 2 is 0.895 bits per heavy atom. The van der Waals surface area contributed by atoms with E-state index in [0.29, 0.717) is 5.41 Å². The maximum absolute atomic E-state index is 2.44. The van der Waals surface area contributed by atoms with E-state index in [9.17, 15) is 0 Å². The fourth-order valence-electron chi connectivity index (χ4n) is 3.07. The lowest BCUT2D eigenvalue weighted by atomic mass is 9.83. The predicted molar refractivity (Wildman–Crippen MR) is 89.8 cm³/mol. The SMILES string of the molecule is CCCCCCCCCCCCCC(C)(C)CCC. The zero-order chi connectivity index (χ0) is 14.4. The molecule has 19 heavy (non-hydrogen) atoms. The van der Waals surface area contributed by atoms with Crippen LogP contribution in [0.4, 0.5) is 0 Å². The maximum Gasteiger partial charge on any atom is -0.0354 e. The Balaban J connectivity index is 3.14. The number of unbranched alkanes of at least 4 members (excludes halogenated alkanes) is 10. The maximum atomic E-state index is 2.44. The highest BCUT2D eigenvalue weighted by Gasteiger charge is 2.15. The molecule has 0 unspecified atom stereocenters. The van der Waals surface area contributed by atoms with E-state index in [4.69, 9.17) is 0 Å². The quantitative estimate of drug-likeness (QED) is 0.286. The summed E-state index contributed by atoms with van der Waals surface area (Å²) >= 11 is 0. The van der Waals surface area contributed by atoms with Gasteiger partial charge in [0.2, 0.25) is 0 Å². The molecule has 0 aliphatic carbocycles. The van der Waals surface area contributed by atoms with Gasteiger partial charge in [-0.3, -0.25) is 0 Å². The molecule has 0 aliphatic heterocycles. The van der Waals surface area contributed by atoms with Crippen LogP contribution in [0.25, 0.3) is 0 Å². The minimum absolute atomic E-state index is 0.591. The number of hydrogen-bond acceptors (Lipinski definition) is 0. The Hall–Kier alpha value is 0. The highest BCUT2D eigenvalue weighted by molar-refractivity contribution is 4.67. The molecule has 0 N–H and O–H groups in total. The molecule has 0 rings (SSSR count). The third-order valence-corrected chi connectivity index (χ3v) is 4.38. The van der Waals surface area contributed by atoms with Gasteiger partial charge in [-0.1, -0.05) is 105 Å². The third-order valence-electron chi connectivity index (χ3n) is 4.38. The first-order chi connectivity index (χ1) is 9.12. The largest absolute Gasteiger partial charge is 0.0654 e. The van der Waals surface area contributed by atoms with Crippen molar-refractivity contribution in [1.82, 2.24) is 0 Å².